The molecule has 17 heavy (non-hydrogen) atoms. The number of hydrogen-bond donors (Lipinski definition) is 2. The molecule has 94 valence electrons. The van der Waals surface area contributed by atoms with Crippen LogP contribution in [0.5, 0.6) is 0 Å². The van der Waals surface area contributed by atoms with Crippen LogP contribution in [0, 0.1) is 0 Å². The number of benzene rings is 1. The van der Waals surface area contributed by atoms with Crippen molar-refractivity contribution in [1.82, 2.24) is 5.32 Å². The lowest BCUT2D eigenvalue weighted by molar-refractivity contribution is 0.508. The molecule has 0 unspecified atom stereocenters. The number of nitrogens with two attached hydrogens (primary N) is 1. The van der Waals surface area contributed by atoms with Gasteiger partial charge in [-0.05, 0) is 38.3 Å². The molecule has 0 amide bonds. The summed E-state index contributed by atoms with van der Waals surface area (Å²) in [7, 11) is 0. The zero-order valence-corrected chi connectivity index (χ0v) is 11.2. The fourth-order valence-electron chi connectivity index (χ4n) is 1.65. The molecular weight excluding hydrogens is 210 g/mol. The Bertz CT molecular complexity index is 389. The summed E-state index contributed by atoms with van der Waals surface area (Å²) >= 11 is 0. The first-order chi connectivity index (χ1) is 7.92. The van der Waals surface area contributed by atoms with E-state index in [1.807, 2.05) is 6.07 Å². The van der Waals surface area contributed by atoms with Crippen LogP contribution in [0.4, 0.5) is 0 Å². The van der Waals surface area contributed by atoms with Crippen molar-refractivity contribution in [2.75, 3.05) is 0 Å². The van der Waals surface area contributed by atoms with Gasteiger partial charge < -0.3 is 11.1 Å². The summed E-state index contributed by atoms with van der Waals surface area (Å²) in [5.41, 5.74) is 8.37. The Labute approximate surface area is 104 Å². The van der Waals surface area contributed by atoms with E-state index in [1.165, 1.54) is 11.1 Å². The van der Waals surface area contributed by atoms with E-state index >= 15 is 0 Å². The average molecular weight is 233 g/mol. The number of hydrogen-bond acceptors (Lipinski definition) is 1. The molecule has 0 atom stereocenters. The summed E-state index contributed by atoms with van der Waals surface area (Å²) in [6.45, 7) is 8.98. The smallest absolute Gasteiger partial charge is 0.189 e. The second kappa shape index (κ2) is 5.71. The van der Waals surface area contributed by atoms with Gasteiger partial charge in [0, 0.05) is 5.54 Å². The van der Waals surface area contributed by atoms with Gasteiger partial charge in [0.15, 0.2) is 5.96 Å². The summed E-state index contributed by atoms with van der Waals surface area (Å²) in [6.07, 6.45) is 1.03. The third kappa shape index (κ3) is 4.89. The molecule has 0 aliphatic carbocycles. The highest BCUT2D eigenvalue weighted by Gasteiger charge is 2.09. The molecule has 0 radical (unpaired) electrons. The van der Waals surface area contributed by atoms with Gasteiger partial charge in [0.2, 0.25) is 0 Å². The lowest BCUT2D eigenvalue weighted by Crippen LogP contribution is -2.44. The maximum Gasteiger partial charge on any atom is 0.189 e. The van der Waals surface area contributed by atoms with Gasteiger partial charge >= 0.3 is 0 Å². The average Bonchev–Trinajstić information content (AvgIpc) is 2.24. The van der Waals surface area contributed by atoms with Crippen LogP contribution in [0.25, 0.3) is 0 Å². The molecule has 0 bridgehead atoms. The first kappa shape index (κ1) is 13.6. The van der Waals surface area contributed by atoms with Crippen LogP contribution in [0.2, 0.25) is 0 Å². The van der Waals surface area contributed by atoms with Crippen molar-refractivity contribution in [3.05, 3.63) is 35.4 Å². The second-order valence-electron chi connectivity index (χ2n) is 5.20. The second-order valence-corrected chi connectivity index (χ2v) is 5.20. The Hall–Kier alpha value is -1.51. The van der Waals surface area contributed by atoms with Crippen LogP contribution in [-0.2, 0) is 13.0 Å². The van der Waals surface area contributed by atoms with Crippen molar-refractivity contribution in [2.24, 2.45) is 10.7 Å². The van der Waals surface area contributed by atoms with Crippen LogP contribution < -0.4 is 11.1 Å². The highest BCUT2D eigenvalue weighted by molar-refractivity contribution is 5.78. The van der Waals surface area contributed by atoms with Crippen LogP contribution in [0.1, 0.15) is 38.8 Å². The number of aliphatic imine (C=N–C) groups is 1. The van der Waals surface area contributed by atoms with Crippen molar-refractivity contribution in [3.8, 4) is 0 Å². The third-order valence-electron chi connectivity index (χ3n) is 2.42. The predicted molar refractivity (Wildman–Crippen MR) is 74.0 cm³/mol. The number of nitrogens with one attached hydrogen (secondary N) is 1. The zero-order chi connectivity index (χ0) is 12.9. The van der Waals surface area contributed by atoms with Gasteiger partial charge in [-0.1, -0.05) is 31.2 Å². The number of guanidine groups is 1. The first-order valence-corrected chi connectivity index (χ1v) is 6.07. The van der Waals surface area contributed by atoms with Crippen LogP contribution in [0.3, 0.4) is 0 Å². The monoisotopic (exact) mass is 233 g/mol. The molecule has 3 nitrogen and oxygen atoms in total. The molecule has 0 aliphatic heterocycles. The molecule has 3 N–H and O–H groups in total. The number of aryl methyl sites for hydroxylation is 1. The summed E-state index contributed by atoms with van der Waals surface area (Å²) in [5.74, 6) is 0.503. The van der Waals surface area contributed by atoms with E-state index < -0.39 is 0 Å². The van der Waals surface area contributed by atoms with Gasteiger partial charge in [-0.25, -0.2) is 4.99 Å². The molecule has 0 spiro atoms. The number of nitrogens with zero attached hydrogens (tertiary/aromatic N) is 1. The van der Waals surface area contributed by atoms with Gasteiger partial charge in [0.05, 0.1) is 6.54 Å². The fourth-order valence-corrected chi connectivity index (χ4v) is 1.65. The van der Waals surface area contributed by atoms with Crippen molar-refractivity contribution >= 4 is 5.96 Å². The van der Waals surface area contributed by atoms with E-state index in [2.05, 4.69) is 56.2 Å². The lowest BCUT2D eigenvalue weighted by atomic mass is 10.1. The van der Waals surface area contributed by atoms with E-state index in [4.69, 9.17) is 5.73 Å². The summed E-state index contributed by atoms with van der Waals surface area (Å²) in [5, 5.41) is 3.15. The molecule has 0 aliphatic rings. The Morgan fingerprint density at radius 2 is 1.82 bits per heavy atom. The Kier molecular flexibility index (Phi) is 4.55. The molecule has 0 aromatic heterocycles. The normalized spacial score (nSPS) is 12.6. The van der Waals surface area contributed by atoms with Crippen LogP contribution in [0.15, 0.2) is 29.3 Å². The Morgan fingerprint density at radius 3 is 2.35 bits per heavy atom. The highest BCUT2D eigenvalue weighted by Crippen LogP contribution is 2.10. The van der Waals surface area contributed by atoms with Gasteiger partial charge in [0.25, 0.3) is 0 Å². The molecule has 1 rings (SSSR count). The predicted octanol–water partition coefficient (Wildman–Crippen LogP) is 2.45. The SMILES string of the molecule is CCc1ccccc1CN=C(N)NC(C)(C)C. The van der Waals surface area contributed by atoms with Crippen LogP contribution >= 0.6 is 0 Å². The third-order valence-corrected chi connectivity index (χ3v) is 2.42. The van der Waals surface area contributed by atoms with Gasteiger partial charge in [-0.3, -0.25) is 0 Å². The minimum Gasteiger partial charge on any atom is -0.370 e. The van der Waals surface area contributed by atoms with Crippen molar-refractivity contribution in [2.45, 2.75) is 46.2 Å². The largest absolute Gasteiger partial charge is 0.370 e. The molecule has 0 fully saturated rings. The van der Waals surface area contributed by atoms with Crippen LogP contribution in [-0.4, -0.2) is 11.5 Å². The van der Waals surface area contributed by atoms with Crippen molar-refractivity contribution in [1.29, 1.82) is 0 Å². The van der Waals surface area contributed by atoms with E-state index in [-0.39, 0.29) is 5.54 Å². The van der Waals surface area contributed by atoms with Crippen molar-refractivity contribution < 1.29 is 0 Å². The molecule has 1 aromatic carbocycles. The van der Waals surface area contributed by atoms with E-state index in [1.54, 1.807) is 0 Å². The van der Waals surface area contributed by atoms with E-state index in [0.29, 0.717) is 12.5 Å². The highest BCUT2D eigenvalue weighted by atomic mass is 15.1. The molecule has 0 saturated heterocycles. The van der Waals surface area contributed by atoms with Gasteiger partial charge in [0.1, 0.15) is 0 Å². The van der Waals surface area contributed by atoms with Gasteiger partial charge in [-0.15, -0.1) is 0 Å². The van der Waals surface area contributed by atoms with E-state index in [0.717, 1.165) is 6.42 Å². The minimum atomic E-state index is -0.0438. The lowest BCUT2D eigenvalue weighted by Gasteiger charge is -2.21. The summed E-state index contributed by atoms with van der Waals surface area (Å²) in [4.78, 5) is 4.37. The summed E-state index contributed by atoms with van der Waals surface area (Å²) in [6, 6.07) is 8.34. The topological polar surface area (TPSA) is 50.4 Å². The number of rotatable bonds is 3. The zero-order valence-electron chi connectivity index (χ0n) is 11.2. The quantitative estimate of drug-likeness (QED) is 0.622. The maximum atomic E-state index is 5.84. The van der Waals surface area contributed by atoms with E-state index in [9.17, 15) is 0 Å². The standard InChI is InChI=1S/C14H23N3/c1-5-11-8-6-7-9-12(11)10-16-13(15)17-14(2,3)4/h6-9H,5,10H2,1-4H3,(H3,15,16,17). The molecule has 0 heterocycles. The maximum absolute atomic E-state index is 5.84. The van der Waals surface area contributed by atoms with Gasteiger partial charge in [-0.2, -0.15) is 0 Å². The summed E-state index contributed by atoms with van der Waals surface area (Å²) < 4.78 is 0. The Morgan fingerprint density at radius 1 is 1.24 bits per heavy atom. The molecular formula is C14H23N3. The van der Waals surface area contributed by atoms with Crippen molar-refractivity contribution in [3.63, 3.8) is 0 Å². The fraction of sp³-hybridized carbons (Fsp3) is 0.500. The molecule has 3 heteroatoms. The molecule has 1 aromatic rings. The first-order valence-electron chi connectivity index (χ1n) is 6.07. The Balaban J connectivity index is 2.69. The minimum absolute atomic E-state index is 0.0438. The molecule has 0 saturated carbocycles.